The number of ether oxygens (including phenoxy) is 1. The minimum absolute atomic E-state index is 0.171. The lowest BCUT2D eigenvalue weighted by molar-refractivity contribution is -0.126. The van der Waals surface area contributed by atoms with Crippen molar-refractivity contribution in [1.29, 1.82) is 0 Å². The van der Waals surface area contributed by atoms with E-state index in [4.69, 9.17) is 4.74 Å². The Morgan fingerprint density at radius 1 is 1.07 bits per heavy atom. The van der Waals surface area contributed by atoms with E-state index in [0.29, 0.717) is 17.8 Å². The molecule has 0 aliphatic carbocycles. The zero-order valence-electron chi connectivity index (χ0n) is 17.4. The van der Waals surface area contributed by atoms with E-state index >= 15 is 0 Å². The predicted molar refractivity (Wildman–Crippen MR) is 114 cm³/mol. The van der Waals surface area contributed by atoms with Crippen molar-refractivity contribution in [3.8, 4) is 0 Å². The number of amides is 3. The average molecular weight is 409 g/mol. The lowest BCUT2D eigenvalue weighted by Gasteiger charge is -2.24. The van der Waals surface area contributed by atoms with Gasteiger partial charge in [0.2, 0.25) is 11.8 Å². The highest BCUT2D eigenvalue weighted by Crippen LogP contribution is 2.34. The SMILES string of the molecule is CC(=O)Nc1ccc(C2OC(=O)N(Cc3ccccc3)C2C(=O)NCC(C)C)cc1. The summed E-state index contributed by atoms with van der Waals surface area (Å²) in [5.74, 6) is -0.138. The van der Waals surface area contributed by atoms with Gasteiger partial charge in [-0.2, -0.15) is 0 Å². The van der Waals surface area contributed by atoms with Crippen LogP contribution < -0.4 is 10.6 Å². The third kappa shape index (κ3) is 5.17. The number of anilines is 1. The van der Waals surface area contributed by atoms with Crippen molar-refractivity contribution >= 4 is 23.6 Å². The van der Waals surface area contributed by atoms with E-state index in [-0.39, 0.29) is 24.3 Å². The van der Waals surface area contributed by atoms with Gasteiger partial charge in [-0.15, -0.1) is 0 Å². The molecule has 0 aromatic heterocycles. The Morgan fingerprint density at radius 2 is 1.73 bits per heavy atom. The van der Waals surface area contributed by atoms with Gasteiger partial charge < -0.3 is 15.4 Å². The molecule has 3 amide bonds. The van der Waals surface area contributed by atoms with Crippen molar-refractivity contribution in [1.82, 2.24) is 10.2 Å². The molecular weight excluding hydrogens is 382 g/mol. The molecule has 7 nitrogen and oxygen atoms in total. The molecule has 158 valence electrons. The Bertz CT molecular complexity index is 896. The van der Waals surface area contributed by atoms with Gasteiger partial charge in [-0.1, -0.05) is 56.3 Å². The van der Waals surface area contributed by atoms with Crippen LogP contribution in [0.15, 0.2) is 54.6 Å². The van der Waals surface area contributed by atoms with E-state index in [1.807, 2.05) is 44.2 Å². The Labute approximate surface area is 176 Å². The summed E-state index contributed by atoms with van der Waals surface area (Å²) >= 11 is 0. The number of benzene rings is 2. The maximum Gasteiger partial charge on any atom is 0.411 e. The van der Waals surface area contributed by atoms with Gasteiger partial charge in [0, 0.05) is 19.2 Å². The topological polar surface area (TPSA) is 87.7 Å². The van der Waals surface area contributed by atoms with Gasteiger partial charge >= 0.3 is 6.09 Å². The van der Waals surface area contributed by atoms with Crippen LogP contribution in [0.2, 0.25) is 0 Å². The summed E-state index contributed by atoms with van der Waals surface area (Å²) in [5, 5.41) is 5.63. The number of cyclic esters (lactones) is 1. The molecule has 0 saturated carbocycles. The second-order valence-corrected chi connectivity index (χ2v) is 7.80. The normalized spacial score (nSPS) is 18.3. The van der Waals surface area contributed by atoms with Gasteiger partial charge in [-0.25, -0.2) is 4.79 Å². The molecule has 2 unspecified atom stereocenters. The third-order valence-electron chi connectivity index (χ3n) is 4.79. The van der Waals surface area contributed by atoms with E-state index in [1.165, 1.54) is 11.8 Å². The summed E-state index contributed by atoms with van der Waals surface area (Å²) in [6, 6.07) is 15.7. The quantitative estimate of drug-likeness (QED) is 0.733. The molecule has 2 N–H and O–H groups in total. The molecule has 2 atom stereocenters. The molecule has 0 radical (unpaired) electrons. The Morgan fingerprint density at radius 3 is 2.33 bits per heavy atom. The highest BCUT2D eigenvalue weighted by Gasteiger charge is 2.46. The van der Waals surface area contributed by atoms with E-state index in [9.17, 15) is 14.4 Å². The minimum atomic E-state index is -0.789. The molecule has 2 aromatic rings. The highest BCUT2D eigenvalue weighted by atomic mass is 16.6. The Hall–Kier alpha value is -3.35. The fraction of sp³-hybridized carbons (Fsp3) is 0.348. The third-order valence-corrected chi connectivity index (χ3v) is 4.79. The van der Waals surface area contributed by atoms with Crippen LogP contribution in [0.25, 0.3) is 0 Å². The second-order valence-electron chi connectivity index (χ2n) is 7.80. The highest BCUT2D eigenvalue weighted by molar-refractivity contribution is 5.90. The van der Waals surface area contributed by atoms with Crippen molar-refractivity contribution in [3.05, 3.63) is 65.7 Å². The predicted octanol–water partition coefficient (Wildman–Crippen LogP) is 3.48. The van der Waals surface area contributed by atoms with E-state index in [1.54, 1.807) is 24.3 Å². The molecule has 7 heteroatoms. The molecule has 1 saturated heterocycles. The van der Waals surface area contributed by atoms with Crippen LogP contribution in [0.5, 0.6) is 0 Å². The molecule has 0 bridgehead atoms. The molecule has 3 rings (SSSR count). The lowest BCUT2D eigenvalue weighted by atomic mass is 10.00. The van der Waals surface area contributed by atoms with Gasteiger partial charge in [0.1, 0.15) is 0 Å². The molecular formula is C23H27N3O4. The summed E-state index contributed by atoms with van der Waals surface area (Å²) in [6.45, 7) is 6.24. The molecule has 1 heterocycles. The first-order chi connectivity index (χ1) is 14.3. The van der Waals surface area contributed by atoms with Crippen molar-refractivity contribution in [2.24, 2.45) is 5.92 Å². The van der Waals surface area contributed by atoms with Crippen LogP contribution in [0.3, 0.4) is 0 Å². The van der Waals surface area contributed by atoms with Crippen LogP contribution in [0.4, 0.5) is 10.5 Å². The first-order valence-electron chi connectivity index (χ1n) is 10.0. The summed E-state index contributed by atoms with van der Waals surface area (Å²) in [6.07, 6.45) is -1.26. The number of carbonyl (C=O) groups excluding carboxylic acids is 3. The maximum atomic E-state index is 13.1. The largest absolute Gasteiger partial charge is 0.438 e. The smallest absolute Gasteiger partial charge is 0.411 e. The zero-order valence-corrected chi connectivity index (χ0v) is 17.4. The standard InChI is InChI=1S/C23H27N3O4/c1-15(2)13-24-22(28)20-21(18-9-11-19(12-10-18)25-16(3)27)30-23(29)26(20)14-17-7-5-4-6-8-17/h4-12,15,20-21H,13-14H2,1-3H3,(H,24,28)(H,25,27). The van der Waals surface area contributed by atoms with E-state index < -0.39 is 18.2 Å². The van der Waals surface area contributed by atoms with E-state index in [0.717, 1.165) is 5.56 Å². The number of carbonyl (C=O) groups is 3. The number of nitrogens with zero attached hydrogens (tertiary/aromatic N) is 1. The fourth-order valence-corrected chi connectivity index (χ4v) is 3.36. The number of nitrogens with one attached hydrogen (secondary N) is 2. The number of hydrogen-bond acceptors (Lipinski definition) is 4. The molecule has 30 heavy (non-hydrogen) atoms. The fourth-order valence-electron chi connectivity index (χ4n) is 3.36. The van der Waals surface area contributed by atoms with Gasteiger partial charge in [-0.05, 0) is 29.2 Å². The Kier molecular flexibility index (Phi) is 6.72. The summed E-state index contributed by atoms with van der Waals surface area (Å²) in [7, 11) is 0. The van der Waals surface area contributed by atoms with Crippen molar-refractivity contribution in [3.63, 3.8) is 0 Å². The molecule has 1 aliphatic heterocycles. The van der Waals surface area contributed by atoms with E-state index in [2.05, 4.69) is 10.6 Å². The minimum Gasteiger partial charge on any atom is -0.438 e. The molecule has 2 aromatic carbocycles. The molecule has 0 spiro atoms. The lowest BCUT2D eigenvalue weighted by Crippen LogP contribution is -2.47. The summed E-state index contributed by atoms with van der Waals surface area (Å²) in [5.41, 5.74) is 2.24. The van der Waals surface area contributed by atoms with Crippen molar-refractivity contribution < 1.29 is 19.1 Å². The summed E-state index contributed by atoms with van der Waals surface area (Å²) in [4.78, 5) is 38.5. The maximum absolute atomic E-state index is 13.1. The van der Waals surface area contributed by atoms with Gasteiger partial charge in [0.15, 0.2) is 12.1 Å². The van der Waals surface area contributed by atoms with Gasteiger partial charge in [-0.3, -0.25) is 14.5 Å². The first kappa shape index (κ1) is 21.4. The van der Waals surface area contributed by atoms with Gasteiger partial charge in [0.05, 0.1) is 6.54 Å². The number of rotatable bonds is 7. The zero-order chi connectivity index (χ0) is 21.7. The number of hydrogen-bond donors (Lipinski definition) is 2. The van der Waals surface area contributed by atoms with Crippen molar-refractivity contribution in [2.75, 3.05) is 11.9 Å². The van der Waals surface area contributed by atoms with Crippen LogP contribution in [-0.2, 0) is 20.9 Å². The van der Waals surface area contributed by atoms with Crippen LogP contribution in [-0.4, -0.2) is 35.4 Å². The van der Waals surface area contributed by atoms with Crippen LogP contribution >= 0.6 is 0 Å². The van der Waals surface area contributed by atoms with Crippen LogP contribution in [0, 0.1) is 5.92 Å². The van der Waals surface area contributed by atoms with Gasteiger partial charge in [0.25, 0.3) is 0 Å². The Balaban J connectivity index is 1.87. The summed E-state index contributed by atoms with van der Waals surface area (Å²) < 4.78 is 5.63. The molecule has 1 fully saturated rings. The average Bonchev–Trinajstić information content (AvgIpc) is 3.03. The monoisotopic (exact) mass is 409 g/mol. The van der Waals surface area contributed by atoms with Crippen LogP contribution in [0.1, 0.15) is 38.0 Å². The molecule has 1 aliphatic rings. The van der Waals surface area contributed by atoms with Crippen molar-refractivity contribution in [2.45, 2.75) is 39.5 Å². The second kappa shape index (κ2) is 9.43. The first-order valence-corrected chi connectivity index (χ1v) is 10.0.